The molecule has 1 aliphatic heterocycles. The van der Waals surface area contributed by atoms with Crippen LogP contribution in [-0.2, 0) is 27.5 Å². The Hall–Kier alpha value is -2.90. The standard InChI is InChI=1S/C23H24N4O2S/c1-16-22(19-6-3-4-7-21(19)30(2,28)29)23-26(12-5-13-27(23)25-16)15-17-8-9-20-18(14-17)10-11-24-20/h3-4,6-11,14,24H,5,12-13,15H2,1-2H3. The van der Waals surface area contributed by atoms with Gasteiger partial charge in [0, 0.05) is 36.9 Å². The number of aryl methyl sites for hydroxylation is 2. The average molecular weight is 421 g/mol. The Balaban J connectivity index is 1.61. The van der Waals surface area contributed by atoms with E-state index in [1.54, 1.807) is 12.1 Å². The lowest BCUT2D eigenvalue weighted by atomic mass is 10.0. The molecule has 7 heteroatoms. The van der Waals surface area contributed by atoms with Crippen molar-refractivity contribution in [1.29, 1.82) is 0 Å². The average Bonchev–Trinajstić information content (AvgIpc) is 3.31. The molecular formula is C23H24N4O2S. The maximum atomic E-state index is 12.5. The van der Waals surface area contributed by atoms with Crippen LogP contribution in [0.4, 0.5) is 5.82 Å². The minimum absolute atomic E-state index is 0.350. The van der Waals surface area contributed by atoms with E-state index in [1.807, 2.05) is 29.9 Å². The number of anilines is 1. The van der Waals surface area contributed by atoms with Crippen LogP contribution in [0.5, 0.6) is 0 Å². The molecule has 0 amide bonds. The van der Waals surface area contributed by atoms with Crippen molar-refractivity contribution in [3.8, 4) is 11.1 Å². The quantitative estimate of drug-likeness (QED) is 0.498. The third-order valence-electron chi connectivity index (χ3n) is 5.75. The Kier molecular flexibility index (Phi) is 4.52. The smallest absolute Gasteiger partial charge is 0.163 e. The summed E-state index contributed by atoms with van der Waals surface area (Å²) in [4.78, 5) is 5.91. The van der Waals surface area contributed by atoms with Crippen molar-refractivity contribution in [2.24, 2.45) is 0 Å². The number of fused-ring (bicyclic) bond motifs is 2. The van der Waals surface area contributed by atoms with Gasteiger partial charge in [0.05, 0.1) is 21.5 Å². The maximum absolute atomic E-state index is 12.5. The van der Waals surface area contributed by atoms with Crippen LogP contribution in [-0.4, -0.2) is 32.1 Å². The number of hydrogen-bond acceptors (Lipinski definition) is 4. The van der Waals surface area contributed by atoms with Gasteiger partial charge in [0.15, 0.2) is 4.90 Å². The first-order valence-corrected chi connectivity index (χ1v) is 12.0. The van der Waals surface area contributed by atoms with Gasteiger partial charge < -0.3 is 14.4 Å². The van der Waals surface area contributed by atoms with Gasteiger partial charge in [0.25, 0.3) is 0 Å². The van der Waals surface area contributed by atoms with Gasteiger partial charge in [-0.1, -0.05) is 18.2 Å². The van der Waals surface area contributed by atoms with E-state index < -0.39 is 10.2 Å². The van der Waals surface area contributed by atoms with Gasteiger partial charge in [0.1, 0.15) is 12.1 Å². The number of rotatable bonds is 4. The van der Waals surface area contributed by atoms with Crippen molar-refractivity contribution in [3.63, 3.8) is 0 Å². The highest BCUT2D eigenvalue weighted by molar-refractivity contribution is 7.97. The molecule has 0 fully saturated rings. The summed E-state index contributed by atoms with van der Waals surface area (Å²) < 4.78 is 26.9. The number of hydrogen-bond donors (Lipinski definition) is 1. The van der Waals surface area contributed by atoms with Crippen LogP contribution in [0.2, 0.25) is 0 Å². The molecule has 0 spiro atoms. The summed E-state index contributed by atoms with van der Waals surface area (Å²) >= 11 is 0. The molecule has 1 N–H and O–H groups in total. The first kappa shape index (κ1) is 19.1. The minimum atomic E-state index is -3.36. The molecule has 2 aromatic heterocycles. The molecule has 5 rings (SSSR count). The molecule has 0 aliphatic carbocycles. The van der Waals surface area contributed by atoms with Crippen LogP contribution in [0.3, 0.4) is 0 Å². The molecule has 1 unspecified atom stereocenters. The third kappa shape index (κ3) is 3.24. The van der Waals surface area contributed by atoms with Crippen molar-refractivity contribution < 1.29 is 8.76 Å². The van der Waals surface area contributed by atoms with E-state index in [0.29, 0.717) is 4.90 Å². The van der Waals surface area contributed by atoms with Crippen LogP contribution < -0.4 is 4.90 Å². The molecule has 30 heavy (non-hydrogen) atoms. The largest absolute Gasteiger partial charge is 0.610 e. The molecule has 0 saturated heterocycles. The number of nitrogens with one attached hydrogen (secondary N) is 1. The lowest BCUT2D eigenvalue weighted by Crippen LogP contribution is -2.32. The molecule has 0 saturated carbocycles. The fourth-order valence-electron chi connectivity index (χ4n) is 4.45. The van der Waals surface area contributed by atoms with Gasteiger partial charge >= 0.3 is 0 Å². The van der Waals surface area contributed by atoms with Gasteiger partial charge in [-0.15, -0.1) is 4.21 Å². The van der Waals surface area contributed by atoms with E-state index in [1.165, 1.54) is 17.2 Å². The topological polar surface area (TPSA) is 77.0 Å². The molecule has 154 valence electrons. The van der Waals surface area contributed by atoms with Crippen LogP contribution >= 0.6 is 0 Å². The number of benzene rings is 2. The van der Waals surface area contributed by atoms with Gasteiger partial charge in [-0.05, 0) is 54.6 Å². The minimum Gasteiger partial charge on any atom is -0.610 e. The Morgan fingerprint density at radius 2 is 2.00 bits per heavy atom. The summed E-state index contributed by atoms with van der Waals surface area (Å²) in [6, 6.07) is 15.8. The van der Waals surface area contributed by atoms with Gasteiger partial charge in [-0.2, -0.15) is 5.10 Å². The Bertz CT molecular complexity index is 1280. The molecule has 1 aliphatic rings. The molecule has 0 bridgehead atoms. The summed E-state index contributed by atoms with van der Waals surface area (Å²) in [5, 5.41) is 5.95. The number of sulfone groups is 1. The van der Waals surface area contributed by atoms with Gasteiger partial charge in [-0.3, -0.25) is 0 Å². The number of aromatic amines is 1. The van der Waals surface area contributed by atoms with Crippen LogP contribution in [0.25, 0.3) is 22.0 Å². The monoisotopic (exact) mass is 420 g/mol. The fourth-order valence-corrected chi connectivity index (χ4v) is 5.35. The molecule has 1 atom stereocenters. The second-order valence-corrected chi connectivity index (χ2v) is 9.93. The zero-order valence-electron chi connectivity index (χ0n) is 17.1. The molecule has 3 heterocycles. The lowest BCUT2D eigenvalue weighted by Gasteiger charge is -2.31. The molecule has 6 nitrogen and oxygen atoms in total. The molecule has 0 radical (unpaired) electrons. The predicted octanol–water partition coefficient (Wildman–Crippen LogP) is 4.37. The number of aromatic nitrogens is 3. The summed E-state index contributed by atoms with van der Waals surface area (Å²) in [7, 11) is -3.36. The van der Waals surface area contributed by atoms with Crippen molar-refractivity contribution in [3.05, 3.63) is 66.0 Å². The number of nitrogens with zero attached hydrogens (tertiary/aromatic N) is 3. The SMILES string of the molecule is Cc1nn2c(c1-c1ccccc1[S+](C)(=O)[O-])N(Cc1ccc3[nH]ccc3c1)CCC2. The molecule has 4 aromatic rings. The second kappa shape index (κ2) is 7.11. The zero-order valence-corrected chi connectivity index (χ0v) is 17.9. The van der Waals surface area contributed by atoms with Crippen LogP contribution in [0.15, 0.2) is 59.6 Å². The van der Waals surface area contributed by atoms with E-state index in [0.717, 1.165) is 54.2 Å². The van der Waals surface area contributed by atoms with Crippen molar-refractivity contribution >= 4 is 26.9 Å². The highest BCUT2D eigenvalue weighted by atomic mass is 32.3. The molecule has 2 aromatic carbocycles. The van der Waals surface area contributed by atoms with E-state index >= 15 is 0 Å². The zero-order chi connectivity index (χ0) is 20.9. The van der Waals surface area contributed by atoms with Crippen molar-refractivity contribution in [1.82, 2.24) is 14.8 Å². The van der Waals surface area contributed by atoms with E-state index in [9.17, 15) is 8.76 Å². The van der Waals surface area contributed by atoms with Crippen LogP contribution in [0.1, 0.15) is 17.7 Å². The van der Waals surface area contributed by atoms with E-state index in [4.69, 9.17) is 5.10 Å². The first-order valence-electron chi connectivity index (χ1n) is 10.1. The van der Waals surface area contributed by atoms with Crippen LogP contribution in [0, 0.1) is 6.92 Å². The Labute approximate surface area is 176 Å². The third-order valence-corrected chi connectivity index (χ3v) is 6.90. The Morgan fingerprint density at radius 3 is 2.83 bits per heavy atom. The maximum Gasteiger partial charge on any atom is 0.163 e. The van der Waals surface area contributed by atoms with E-state index in [-0.39, 0.29) is 0 Å². The fraction of sp³-hybridized carbons (Fsp3) is 0.261. The number of H-pyrrole nitrogens is 1. The summed E-state index contributed by atoms with van der Waals surface area (Å²) in [6.07, 6.45) is 4.22. The lowest BCUT2D eigenvalue weighted by molar-refractivity contribution is 0.484. The van der Waals surface area contributed by atoms with E-state index in [2.05, 4.69) is 34.1 Å². The Morgan fingerprint density at radius 1 is 1.17 bits per heavy atom. The van der Waals surface area contributed by atoms with Gasteiger partial charge in [-0.25, -0.2) is 4.68 Å². The molecular weight excluding hydrogens is 396 g/mol. The summed E-state index contributed by atoms with van der Waals surface area (Å²) in [5.41, 5.74) is 4.84. The highest BCUT2D eigenvalue weighted by Gasteiger charge is 2.29. The van der Waals surface area contributed by atoms with Crippen molar-refractivity contribution in [2.45, 2.75) is 31.3 Å². The predicted molar refractivity (Wildman–Crippen MR) is 119 cm³/mol. The van der Waals surface area contributed by atoms with Gasteiger partial charge in [0.2, 0.25) is 0 Å². The normalized spacial score (nSPS) is 15.9. The second-order valence-electron chi connectivity index (χ2n) is 7.95. The summed E-state index contributed by atoms with van der Waals surface area (Å²) in [5.74, 6) is 1.00. The first-order chi connectivity index (χ1) is 14.4. The van der Waals surface area contributed by atoms with Crippen molar-refractivity contribution in [2.75, 3.05) is 17.7 Å². The summed E-state index contributed by atoms with van der Waals surface area (Å²) in [6.45, 7) is 4.46. The highest BCUT2D eigenvalue weighted by Crippen LogP contribution is 2.40.